The number of rotatable bonds is 4. The van der Waals surface area contributed by atoms with E-state index in [0.29, 0.717) is 0 Å². The van der Waals surface area contributed by atoms with Crippen molar-refractivity contribution >= 4 is 0 Å². The minimum atomic E-state index is 1.08. The highest BCUT2D eigenvalue weighted by Crippen LogP contribution is 1.99. The van der Waals surface area contributed by atoms with Crippen LogP contribution < -0.4 is 0 Å². The van der Waals surface area contributed by atoms with E-state index in [1.165, 1.54) is 5.57 Å². The average molecular weight is 178 g/mol. The van der Waals surface area contributed by atoms with E-state index in [0.717, 1.165) is 6.42 Å². The summed E-state index contributed by atoms with van der Waals surface area (Å²) in [7, 11) is 0. The van der Waals surface area contributed by atoms with Gasteiger partial charge < -0.3 is 0 Å². The first-order valence-corrected chi connectivity index (χ1v) is 4.97. The molecule has 0 spiro atoms. The Labute approximate surface area is 83.4 Å². The predicted molar refractivity (Wildman–Crippen MR) is 63.9 cm³/mol. The van der Waals surface area contributed by atoms with Gasteiger partial charge in [0.25, 0.3) is 0 Å². The molecule has 0 saturated carbocycles. The van der Waals surface area contributed by atoms with E-state index in [1.807, 2.05) is 32.9 Å². The highest BCUT2D eigenvalue weighted by atomic mass is 13.8. The highest BCUT2D eigenvalue weighted by Gasteiger charge is 1.79. The van der Waals surface area contributed by atoms with Crippen LogP contribution in [0.25, 0.3) is 0 Å². The van der Waals surface area contributed by atoms with Crippen molar-refractivity contribution in [3.05, 3.63) is 48.6 Å². The zero-order chi connectivity index (χ0) is 10.5. The van der Waals surface area contributed by atoms with Crippen LogP contribution in [0.2, 0.25) is 0 Å². The van der Waals surface area contributed by atoms with Crippen molar-refractivity contribution in [1.29, 1.82) is 0 Å². The number of hydrogen-bond donors (Lipinski definition) is 0. The third-order valence-corrected chi connectivity index (χ3v) is 1.30. The van der Waals surface area contributed by atoms with Crippen molar-refractivity contribution in [2.75, 3.05) is 0 Å². The second kappa shape index (κ2) is 13.5. The lowest BCUT2D eigenvalue weighted by molar-refractivity contribution is 1.22. The fraction of sp³-hybridized carbons (Fsp3) is 0.385. The lowest BCUT2D eigenvalue weighted by Crippen LogP contribution is -1.68. The van der Waals surface area contributed by atoms with Crippen molar-refractivity contribution in [3.8, 4) is 0 Å². The topological polar surface area (TPSA) is 0 Å². The summed E-state index contributed by atoms with van der Waals surface area (Å²) >= 11 is 0. The molecule has 0 fully saturated rings. The molecule has 0 aromatic heterocycles. The molecule has 74 valence electrons. The van der Waals surface area contributed by atoms with Crippen molar-refractivity contribution in [3.63, 3.8) is 0 Å². The summed E-state index contributed by atoms with van der Waals surface area (Å²) in [5.74, 6) is 0. The van der Waals surface area contributed by atoms with Crippen LogP contribution >= 0.6 is 0 Å². The Morgan fingerprint density at radius 2 is 1.85 bits per heavy atom. The first-order valence-electron chi connectivity index (χ1n) is 4.97. The smallest absolute Gasteiger partial charge is 0.0303 e. The molecule has 0 nitrogen and oxygen atoms in total. The average Bonchev–Trinajstić information content (AvgIpc) is 2.21. The molecule has 0 radical (unpaired) electrons. The van der Waals surface area contributed by atoms with E-state index in [-0.39, 0.29) is 0 Å². The van der Waals surface area contributed by atoms with E-state index in [9.17, 15) is 0 Å². The van der Waals surface area contributed by atoms with Crippen LogP contribution in [0.5, 0.6) is 0 Å². The molecule has 0 rings (SSSR count). The third kappa shape index (κ3) is 11.0. The molecule has 0 aliphatic rings. The summed E-state index contributed by atoms with van der Waals surface area (Å²) in [6, 6.07) is 0. The maximum atomic E-state index is 3.61. The van der Waals surface area contributed by atoms with Crippen LogP contribution in [-0.4, -0.2) is 0 Å². The van der Waals surface area contributed by atoms with Gasteiger partial charge in [-0.15, -0.1) is 0 Å². The second-order valence-corrected chi connectivity index (χ2v) is 2.19. The van der Waals surface area contributed by atoms with Gasteiger partial charge in [0.15, 0.2) is 0 Å². The summed E-state index contributed by atoms with van der Waals surface area (Å²) in [4.78, 5) is 0. The van der Waals surface area contributed by atoms with Gasteiger partial charge in [0.1, 0.15) is 0 Å². The predicted octanol–water partition coefficient (Wildman–Crippen LogP) is 4.67. The van der Waals surface area contributed by atoms with Gasteiger partial charge in [-0.1, -0.05) is 63.8 Å². The Morgan fingerprint density at radius 1 is 1.23 bits per heavy atom. The molecule has 0 bridgehead atoms. The Morgan fingerprint density at radius 3 is 2.23 bits per heavy atom. The summed E-state index contributed by atoms with van der Waals surface area (Å²) in [6.07, 6.45) is 13.2. The SMILES string of the molecule is C=C\C=C/C(=C\C)/C=C/CC.CC. The fourth-order valence-electron chi connectivity index (χ4n) is 0.681. The Balaban J connectivity index is 0. The maximum Gasteiger partial charge on any atom is -0.0303 e. The molecule has 0 atom stereocenters. The lowest BCUT2D eigenvalue weighted by Gasteiger charge is -1.88. The van der Waals surface area contributed by atoms with Crippen molar-refractivity contribution in [1.82, 2.24) is 0 Å². The Kier molecular flexibility index (Phi) is 15.1. The minimum Gasteiger partial charge on any atom is -0.0991 e. The normalized spacial score (nSPS) is 11.5. The minimum absolute atomic E-state index is 1.08. The zero-order valence-electron chi connectivity index (χ0n) is 9.38. The molecule has 0 saturated heterocycles. The fourth-order valence-corrected chi connectivity index (χ4v) is 0.681. The first-order chi connectivity index (χ1) is 6.35. The van der Waals surface area contributed by atoms with Crippen molar-refractivity contribution in [2.45, 2.75) is 34.1 Å². The molecule has 0 aliphatic carbocycles. The number of hydrogen-bond acceptors (Lipinski definition) is 0. The standard InChI is InChI=1S/C11H16.C2H6/c1-4-7-9-11(6-3)10-8-5-2;1-2/h4,6-10H,1,5H2,2-3H3;1-2H3/b9-7-,10-8+,11-6+;. The van der Waals surface area contributed by atoms with Crippen LogP contribution in [0, 0.1) is 0 Å². The van der Waals surface area contributed by atoms with E-state index in [1.54, 1.807) is 6.08 Å². The van der Waals surface area contributed by atoms with Crippen molar-refractivity contribution in [2.24, 2.45) is 0 Å². The van der Waals surface area contributed by atoms with Crippen LogP contribution in [0.3, 0.4) is 0 Å². The van der Waals surface area contributed by atoms with Crippen LogP contribution in [0.1, 0.15) is 34.1 Å². The van der Waals surface area contributed by atoms with E-state index in [2.05, 4.69) is 31.7 Å². The van der Waals surface area contributed by atoms with Crippen molar-refractivity contribution < 1.29 is 0 Å². The monoisotopic (exact) mass is 178 g/mol. The molecule has 0 heteroatoms. The van der Waals surface area contributed by atoms with Gasteiger partial charge in [-0.25, -0.2) is 0 Å². The summed E-state index contributed by atoms with van der Waals surface area (Å²) in [5.41, 5.74) is 1.23. The van der Waals surface area contributed by atoms with E-state index < -0.39 is 0 Å². The van der Waals surface area contributed by atoms with Gasteiger partial charge >= 0.3 is 0 Å². The molecule has 13 heavy (non-hydrogen) atoms. The van der Waals surface area contributed by atoms with Gasteiger partial charge in [0, 0.05) is 0 Å². The summed E-state index contributed by atoms with van der Waals surface area (Å²) in [5, 5.41) is 0. The van der Waals surface area contributed by atoms with Crippen LogP contribution in [0.15, 0.2) is 48.6 Å². The summed E-state index contributed by atoms with van der Waals surface area (Å²) in [6.45, 7) is 11.8. The lowest BCUT2D eigenvalue weighted by atomic mass is 10.2. The largest absolute Gasteiger partial charge is 0.0991 e. The van der Waals surface area contributed by atoms with E-state index in [4.69, 9.17) is 0 Å². The third-order valence-electron chi connectivity index (χ3n) is 1.30. The van der Waals surface area contributed by atoms with Crippen LogP contribution in [0.4, 0.5) is 0 Å². The molecular formula is C13H22. The quantitative estimate of drug-likeness (QED) is 0.549. The van der Waals surface area contributed by atoms with E-state index >= 15 is 0 Å². The molecule has 0 aromatic rings. The summed E-state index contributed by atoms with van der Waals surface area (Å²) < 4.78 is 0. The van der Waals surface area contributed by atoms with Gasteiger partial charge in [-0.3, -0.25) is 0 Å². The molecule has 0 unspecified atom stereocenters. The number of allylic oxidation sites excluding steroid dienone is 7. The van der Waals surface area contributed by atoms with Gasteiger partial charge in [0.05, 0.1) is 0 Å². The first kappa shape index (κ1) is 14.5. The molecule has 0 heterocycles. The molecule has 0 aliphatic heterocycles. The molecule has 0 amide bonds. The highest BCUT2D eigenvalue weighted by molar-refractivity contribution is 5.31. The molecule has 0 N–H and O–H groups in total. The van der Waals surface area contributed by atoms with Gasteiger partial charge in [-0.2, -0.15) is 0 Å². The second-order valence-electron chi connectivity index (χ2n) is 2.19. The molecule has 0 aromatic carbocycles. The van der Waals surface area contributed by atoms with Gasteiger partial charge in [0.2, 0.25) is 0 Å². The maximum absolute atomic E-state index is 3.61. The Hall–Kier alpha value is -1.04. The van der Waals surface area contributed by atoms with Crippen LogP contribution in [-0.2, 0) is 0 Å². The van der Waals surface area contributed by atoms with Gasteiger partial charge in [-0.05, 0) is 18.9 Å². The Bertz CT molecular complexity index is 180. The molecular weight excluding hydrogens is 156 g/mol. The zero-order valence-corrected chi connectivity index (χ0v) is 9.38.